The van der Waals surface area contributed by atoms with Gasteiger partial charge in [0.15, 0.2) is 11.9 Å². The Balaban J connectivity index is 2.30. The van der Waals surface area contributed by atoms with Crippen LogP contribution in [0.2, 0.25) is 0 Å². The average molecular weight is 286 g/mol. The second-order valence-corrected chi connectivity index (χ2v) is 4.08. The molecule has 1 unspecified atom stereocenters. The van der Waals surface area contributed by atoms with Crippen LogP contribution in [0.4, 0.5) is 8.78 Å². The number of morpholine rings is 1. The van der Waals surface area contributed by atoms with Crippen molar-refractivity contribution in [3.63, 3.8) is 0 Å². The third-order valence-electron chi connectivity index (χ3n) is 2.94. The minimum atomic E-state index is -1.36. The minimum Gasteiger partial charge on any atom is -0.467 e. The molecule has 0 radical (unpaired) electrons. The molecule has 0 bridgehead atoms. The zero-order valence-corrected chi connectivity index (χ0v) is 10.6. The van der Waals surface area contributed by atoms with E-state index in [4.69, 9.17) is 4.74 Å². The van der Waals surface area contributed by atoms with E-state index in [1.165, 1.54) is 7.11 Å². The normalized spacial score (nSPS) is 18.8. The van der Waals surface area contributed by atoms with Crippen molar-refractivity contribution < 1.29 is 27.8 Å². The molecular weight excluding hydrogens is 274 g/mol. The molecule has 1 amide bonds. The quantitative estimate of drug-likeness (QED) is 0.580. The van der Waals surface area contributed by atoms with Crippen molar-refractivity contribution in [2.24, 2.45) is 0 Å². The van der Waals surface area contributed by atoms with Gasteiger partial charge in [0.1, 0.15) is 0 Å². The number of carbonyl (C=O) groups is 2. The number of amides is 1. The van der Waals surface area contributed by atoms with Gasteiger partial charge in [0.25, 0.3) is 5.91 Å². The van der Waals surface area contributed by atoms with Gasteiger partial charge in [-0.25, -0.2) is 14.2 Å². The van der Waals surface area contributed by atoms with Crippen LogP contribution >= 0.6 is 0 Å². The summed E-state index contributed by atoms with van der Waals surface area (Å²) in [4.78, 5) is 28.0. The highest BCUT2D eigenvalue weighted by molar-refractivity contribution is 5.97. The highest BCUT2D eigenvalue weighted by Gasteiger charge is 2.35. The predicted octanol–water partition coefficient (Wildman–Crippen LogP) is 0.374. The van der Waals surface area contributed by atoms with Crippen LogP contribution in [0, 0.1) is 11.8 Å². The standard InChI is InChI=1S/C12H12F2N2O4/c1-19-12(18)8-6-20-5-4-16(8)11(17)7-2-3-15-10(14)9(7)13/h2-3,8H,4-6H2,1H3. The van der Waals surface area contributed by atoms with E-state index in [0.717, 1.165) is 17.2 Å². The Labute approximate surface area is 113 Å². The summed E-state index contributed by atoms with van der Waals surface area (Å²) in [5.74, 6) is -4.18. The molecule has 0 saturated carbocycles. The molecule has 1 atom stereocenters. The van der Waals surface area contributed by atoms with E-state index in [-0.39, 0.29) is 19.8 Å². The van der Waals surface area contributed by atoms with Gasteiger partial charge >= 0.3 is 5.97 Å². The van der Waals surface area contributed by atoms with E-state index in [1.807, 2.05) is 0 Å². The van der Waals surface area contributed by atoms with Crippen molar-refractivity contribution in [3.8, 4) is 0 Å². The Kier molecular flexibility index (Phi) is 4.23. The van der Waals surface area contributed by atoms with E-state index in [1.54, 1.807) is 0 Å². The summed E-state index contributed by atoms with van der Waals surface area (Å²) in [7, 11) is 1.17. The molecule has 8 heteroatoms. The van der Waals surface area contributed by atoms with Crippen molar-refractivity contribution in [1.82, 2.24) is 9.88 Å². The van der Waals surface area contributed by atoms with Crippen LogP contribution in [0.5, 0.6) is 0 Å². The van der Waals surface area contributed by atoms with Gasteiger partial charge in [0.05, 0.1) is 25.9 Å². The fourth-order valence-corrected chi connectivity index (χ4v) is 1.92. The van der Waals surface area contributed by atoms with Gasteiger partial charge < -0.3 is 14.4 Å². The summed E-state index contributed by atoms with van der Waals surface area (Å²) >= 11 is 0. The van der Waals surface area contributed by atoms with Crippen molar-refractivity contribution in [3.05, 3.63) is 29.6 Å². The Hall–Kier alpha value is -2.09. The molecule has 20 heavy (non-hydrogen) atoms. The fourth-order valence-electron chi connectivity index (χ4n) is 1.92. The van der Waals surface area contributed by atoms with E-state index in [0.29, 0.717) is 0 Å². The molecule has 6 nitrogen and oxygen atoms in total. The first-order valence-electron chi connectivity index (χ1n) is 5.82. The van der Waals surface area contributed by atoms with Gasteiger partial charge in [-0.15, -0.1) is 0 Å². The maximum absolute atomic E-state index is 13.6. The SMILES string of the molecule is COC(=O)C1COCCN1C(=O)c1ccnc(F)c1F. The number of ether oxygens (including phenoxy) is 2. The number of pyridine rings is 1. The third kappa shape index (κ3) is 2.60. The zero-order chi connectivity index (χ0) is 14.7. The number of carbonyl (C=O) groups excluding carboxylic acids is 2. The lowest BCUT2D eigenvalue weighted by molar-refractivity contribution is -0.151. The maximum atomic E-state index is 13.6. The van der Waals surface area contributed by atoms with Gasteiger partial charge in [0, 0.05) is 12.7 Å². The average Bonchev–Trinajstić information content (AvgIpc) is 2.48. The lowest BCUT2D eigenvalue weighted by Crippen LogP contribution is -2.53. The highest BCUT2D eigenvalue weighted by Crippen LogP contribution is 2.16. The molecule has 1 aromatic heterocycles. The molecule has 2 rings (SSSR count). The summed E-state index contributed by atoms with van der Waals surface area (Å²) in [5, 5.41) is 0. The van der Waals surface area contributed by atoms with Gasteiger partial charge in [-0.3, -0.25) is 4.79 Å². The number of esters is 1. The summed E-state index contributed by atoms with van der Waals surface area (Å²) in [6.07, 6.45) is 0.985. The Morgan fingerprint density at radius 3 is 2.95 bits per heavy atom. The summed E-state index contributed by atoms with van der Waals surface area (Å²) < 4.78 is 36.3. The summed E-state index contributed by atoms with van der Waals surface area (Å²) in [5.41, 5.74) is -0.478. The molecule has 108 valence electrons. The molecule has 0 N–H and O–H groups in total. The molecule has 1 aliphatic heterocycles. The van der Waals surface area contributed by atoms with E-state index in [9.17, 15) is 18.4 Å². The number of aromatic nitrogens is 1. The van der Waals surface area contributed by atoms with Crippen LogP contribution in [0.15, 0.2) is 12.3 Å². The molecule has 0 aliphatic carbocycles. The number of rotatable bonds is 2. The van der Waals surface area contributed by atoms with Gasteiger partial charge in [-0.1, -0.05) is 0 Å². The number of methoxy groups -OCH3 is 1. The zero-order valence-electron chi connectivity index (χ0n) is 10.6. The largest absolute Gasteiger partial charge is 0.467 e. The Morgan fingerprint density at radius 2 is 2.25 bits per heavy atom. The Morgan fingerprint density at radius 1 is 1.50 bits per heavy atom. The van der Waals surface area contributed by atoms with Crippen LogP contribution in [0.1, 0.15) is 10.4 Å². The molecule has 0 aromatic carbocycles. The van der Waals surface area contributed by atoms with E-state index < -0.39 is 35.2 Å². The molecular formula is C12H12F2N2O4. The fraction of sp³-hybridized carbons (Fsp3) is 0.417. The first kappa shape index (κ1) is 14.3. The van der Waals surface area contributed by atoms with Crippen LogP contribution in [0.3, 0.4) is 0 Å². The number of halogens is 2. The molecule has 1 saturated heterocycles. The number of hydrogen-bond donors (Lipinski definition) is 0. The lowest BCUT2D eigenvalue weighted by atomic mass is 10.1. The lowest BCUT2D eigenvalue weighted by Gasteiger charge is -2.33. The van der Waals surface area contributed by atoms with Crippen LogP contribution in [0.25, 0.3) is 0 Å². The van der Waals surface area contributed by atoms with Crippen molar-refractivity contribution in [2.45, 2.75) is 6.04 Å². The molecule has 1 aromatic rings. The number of hydrogen-bond acceptors (Lipinski definition) is 5. The molecule has 1 aliphatic rings. The van der Waals surface area contributed by atoms with Crippen molar-refractivity contribution in [1.29, 1.82) is 0 Å². The predicted molar refractivity (Wildman–Crippen MR) is 61.8 cm³/mol. The van der Waals surface area contributed by atoms with Gasteiger partial charge in [-0.05, 0) is 6.07 Å². The van der Waals surface area contributed by atoms with Crippen molar-refractivity contribution >= 4 is 11.9 Å². The molecule has 2 heterocycles. The Bertz CT molecular complexity index is 538. The van der Waals surface area contributed by atoms with Crippen molar-refractivity contribution in [2.75, 3.05) is 26.9 Å². The van der Waals surface area contributed by atoms with Crippen LogP contribution in [-0.2, 0) is 14.3 Å². The highest BCUT2D eigenvalue weighted by atomic mass is 19.2. The summed E-state index contributed by atoms with van der Waals surface area (Å²) in [6.45, 7) is 0.240. The first-order valence-corrected chi connectivity index (χ1v) is 5.82. The first-order chi connectivity index (χ1) is 9.56. The number of nitrogens with zero attached hydrogens (tertiary/aromatic N) is 2. The smallest absolute Gasteiger partial charge is 0.331 e. The summed E-state index contributed by atoms with van der Waals surface area (Å²) in [6, 6.07) is 0.0850. The minimum absolute atomic E-state index is 0.0480. The van der Waals surface area contributed by atoms with Gasteiger partial charge in [-0.2, -0.15) is 4.39 Å². The second-order valence-electron chi connectivity index (χ2n) is 4.08. The molecule has 0 spiro atoms. The third-order valence-corrected chi connectivity index (χ3v) is 2.94. The van der Waals surface area contributed by atoms with Crippen LogP contribution in [-0.4, -0.2) is 54.7 Å². The maximum Gasteiger partial charge on any atom is 0.331 e. The monoisotopic (exact) mass is 286 g/mol. The van der Waals surface area contributed by atoms with Gasteiger partial charge in [0.2, 0.25) is 5.95 Å². The van der Waals surface area contributed by atoms with Crippen LogP contribution < -0.4 is 0 Å². The van der Waals surface area contributed by atoms with E-state index in [2.05, 4.69) is 9.72 Å². The second kappa shape index (κ2) is 5.91. The topological polar surface area (TPSA) is 68.7 Å². The van der Waals surface area contributed by atoms with E-state index >= 15 is 0 Å². The molecule has 1 fully saturated rings.